The number of epoxide rings is 1. The fourth-order valence-corrected chi connectivity index (χ4v) is 1.72. The van der Waals surface area contributed by atoms with E-state index in [1.165, 1.54) is 6.92 Å². The first kappa shape index (κ1) is 14.4. The first-order chi connectivity index (χ1) is 8.41. The second-order valence-corrected chi connectivity index (χ2v) is 4.49. The molecule has 0 aromatic rings. The van der Waals surface area contributed by atoms with Gasteiger partial charge < -0.3 is 14.9 Å². The van der Waals surface area contributed by atoms with Crippen LogP contribution in [-0.2, 0) is 14.3 Å². The first-order valence-corrected chi connectivity index (χ1v) is 5.85. The monoisotopic (exact) mass is 254 g/mol. The third-order valence-electron chi connectivity index (χ3n) is 3.02. The highest BCUT2D eigenvalue weighted by molar-refractivity contribution is 5.86. The van der Waals surface area contributed by atoms with Crippen LogP contribution >= 0.6 is 0 Å². The van der Waals surface area contributed by atoms with Crippen molar-refractivity contribution in [2.45, 2.75) is 32.3 Å². The highest BCUT2D eigenvalue weighted by atomic mass is 16.6. The molecular weight excluding hydrogens is 236 g/mol. The maximum absolute atomic E-state index is 10.9. The van der Waals surface area contributed by atoms with Crippen LogP contribution in [0.1, 0.15) is 26.2 Å². The van der Waals surface area contributed by atoms with E-state index in [0.717, 1.165) is 0 Å². The zero-order chi connectivity index (χ0) is 13.7. The fourth-order valence-electron chi connectivity index (χ4n) is 1.72. The normalized spacial score (nSPS) is 20.3. The number of carbonyl (C=O) groups is 2. The smallest absolute Gasteiger partial charge is 0.331 e. The van der Waals surface area contributed by atoms with Gasteiger partial charge in [-0.2, -0.15) is 0 Å². The zero-order valence-corrected chi connectivity index (χ0v) is 10.4. The quantitative estimate of drug-likeness (QED) is 0.510. The first-order valence-electron chi connectivity index (χ1n) is 5.85. The summed E-state index contributed by atoms with van der Waals surface area (Å²) in [7, 11) is 0. The Kier molecular flexibility index (Phi) is 5.09. The van der Waals surface area contributed by atoms with E-state index in [4.69, 9.17) is 14.9 Å². The lowest BCUT2D eigenvalue weighted by Crippen LogP contribution is -2.14. The van der Waals surface area contributed by atoms with Gasteiger partial charge in [0.1, 0.15) is 0 Å². The molecule has 1 saturated heterocycles. The molecule has 2 atom stereocenters. The summed E-state index contributed by atoms with van der Waals surface area (Å²) in [5, 5.41) is 17.6. The molecule has 5 heteroatoms. The SMILES string of the molecule is C=C(C(=O)O)C(CCC=C(C)C(=O)O)CC1CO1. The van der Waals surface area contributed by atoms with Crippen LogP contribution in [-0.4, -0.2) is 34.9 Å². The lowest BCUT2D eigenvalue weighted by molar-refractivity contribution is -0.134. The standard InChI is InChI=1S/C13H18O5/c1-8(12(14)15)4-3-5-10(6-11-7-18-11)9(2)13(16)17/h4,10-11H,2-3,5-7H2,1H3,(H,14,15)(H,16,17). The minimum absolute atomic E-state index is 0.135. The van der Waals surface area contributed by atoms with Crippen LogP contribution in [0.15, 0.2) is 23.8 Å². The topological polar surface area (TPSA) is 87.1 Å². The van der Waals surface area contributed by atoms with Gasteiger partial charge in [0, 0.05) is 11.1 Å². The highest BCUT2D eigenvalue weighted by Crippen LogP contribution is 2.28. The summed E-state index contributed by atoms with van der Waals surface area (Å²) in [6, 6.07) is 0. The molecule has 0 amide bonds. The minimum Gasteiger partial charge on any atom is -0.478 e. The Morgan fingerprint density at radius 2 is 2.06 bits per heavy atom. The van der Waals surface area contributed by atoms with Gasteiger partial charge in [0.25, 0.3) is 0 Å². The van der Waals surface area contributed by atoms with Crippen molar-refractivity contribution in [1.29, 1.82) is 0 Å². The number of hydrogen-bond acceptors (Lipinski definition) is 3. The number of aliphatic carboxylic acids is 2. The molecule has 1 heterocycles. The van der Waals surface area contributed by atoms with E-state index < -0.39 is 11.9 Å². The van der Waals surface area contributed by atoms with E-state index in [9.17, 15) is 9.59 Å². The number of ether oxygens (including phenoxy) is 1. The fraction of sp³-hybridized carbons (Fsp3) is 0.538. The van der Waals surface area contributed by atoms with Gasteiger partial charge in [0.2, 0.25) is 0 Å². The molecule has 1 aliphatic heterocycles. The van der Waals surface area contributed by atoms with Gasteiger partial charge in [0.05, 0.1) is 12.7 Å². The summed E-state index contributed by atoms with van der Waals surface area (Å²) in [5.41, 5.74) is 0.448. The molecule has 0 aromatic carbocycles. The van der Waals surface area contributed by atoms with Crippen LogP contribution in [0.2, 0.25) is 0 Å². The molecule has 0 aliphatic carbocycles. The molecule has 0 aromatic heterocycles. The van der Waals surface area contributed by atoms with Gasteiger partial charge in [-0.05, 0) is 32.1 Å². The number of allylic oxidation sites excluding steroid dienone is 1. The molecule has 0 radical (unpaired) electrons. The van der Waals surface area contributed by atoms with Gasteiger partial charge in [-0.15, -0.1) is 0 Å². The Labute approximate surface area is 106 Å². The lowest BCUT2D eigenvalue weighted by Gasteiger charge is -2.14. The predicted molar refractivity (Wildman–Crippen MR) is 65.2 cm³/mol. The summed E-state index contributed by atoms with van der Waals surface area (Å²) in [6.45, 7) is 5.77. The number of carboxylic acids is 2. The lowest BCUT2D eigenvalue weighted by atomic mass is 9.90. The third-order valence-corrected chi connectivity index (χ3v) is 3.02. The number of rotatable bonds is 8. The Morgan fingerprint density at radius 1 is 1.44 bits per heavy atom. The Morgan fingerprint density at radius 3 is 2.50 bits per heavy atom. The second-order valence-electron chi connectivity index (χ2n) is 4.49. The number of carboxylic acid groups (broad SMARTS) is 2. The van der Waals surface area contributed by atoms with Gasteiger partial charge in [-0.3, -0.25) is 0 Å². The third kappa shape index (κ3) is 4.71. The summed E-state index contributed by atoms with van der Waals surface area (Å²) in [6.07, 6.45) is 3.50. The largest absolute Gasteiger partial charge is 0.478 e. The maximum Gasteiger partial charge on any atom is 0.331 e. The molecule has 5 nitrogen and oxygen atoms in total. The van der Waals surface area contributed by atoms with Crippen molar-refractivity contribution in [3.63, 3.8) is 0 Å². The molecule has 0 bridgehead atoms. The molecule has 2 unspecified atom stereocenters. The van der Waals surface area contributed by atoms with Crippen molar-refractivity contribution in [1.82, 2.24) is 0 Å². The Bertz CT molecular complexity index is 379. The summed E-state index contributed by atoms with van der Waals surface area (Å²) in [4.78, 5) is 21.5. The Balaban J connectivity index is 2.50. The molecular formula is C13H18O5. The van der Waals surface area contributed by atoms with Crippen LogP contribution in [0.25, 0.3) is 0 Å². The number of hydrogen-bond donors (Lipinski definition) is 2. The molecule has 2 N–H and O–H groups in total. The van der Waals surface area contributed by atoms with Gasteiger partial charge in [-0.1, -0.05) is 12.7 Å². The zero-order valence-electron chi connectivity index (χ0n) is 10.4. The molecule has 0 saturated carbocycles. The van der Waals surface area contributed by atoms with Crippen molar-refractivity contribution in [2.75, 3.05) is 6.61 Å². The van der Waals surface area contributed by atoms with Crippen molar-refractivity contribution >= 4 is 11.9 Å². The van der Waals surface area contributed by atoms with Crippen molar-refractivity contribution in [3.05, 3.63) is 23.8 Å². The maximum atomic E-state index is 10.9. The second kappa shape index (κ2) is 6.35. The molecule has 1 aliphatic rings. The van der Waals surface area contributed by atoms with E-state index in [1.54, 1.807) is 6.08 Å². The van der Waals surface area contributed by atoms with Crippen LogP contribution in [0.3, 0.4) is 0 Å². The van der Waals surface area contributed by atoms with Crippen molar-refractivity contribution < 1.29 is 24.5 Å². The molecule has 0 spiro atoms. The van der Waals surface area contributed by atoms with E-state index in [0.29, 0.717) is 25.9 Å². The van der Waals surface area contributed by atoms with Crippen LogP contribution in [0.4, 0.5) is 0 Å². The molecule has 18 heavy (non-hydrogen) atoms. The average Bonchev–Trinajstić information content (AvgIpc) is 3.10. The van der Waals surface area contributed by atoms with Crippen molar-refractivity contribution in [2.24, 2.45) is 5.92 Å². The summed E-state index contributed by atoms with van der Waals surface area (Å²) >= 11 is 0. The van der Waals surface area contributed by atoms with Crippen molar-refractivity contribution in [3.8, 4) is 0 Å². The summed E-state index contributed by atoms with van der Waals surface area (Å²) in [5.74, 6) is -2.11. The van der Waals surface area contributed by atoms with E-state index in [1.807, 2.05) is 0 Å². The van der Waals surface area contributed by atoms with E-state index in [-0.39, 0.29) is 23.2 Å². The van der Waals surface area contributed by atoms with Crippen LogP contribution in [0.5, 0.6) is 0 Å². The van der Waals surface area contributed by atoms with Gasteiger partial charge in [0.15, 0.2) is 0 Å². The molecule has 1 rings (SSSR count). The predicted octanol–water partition coefficient (Wildman–Crippen LogP) is 1.84. The van der Waals surface area contributed by atoms with Gasteiger partial charge >= 0.3 is 11.9 Å². The summed E-state index contributed by atoms with van der Waals surface area (Å²) < 4.78 is 5.09. The average molecular weight is 254 g/mol. The van der Waals surface area contributed by atoms with E-state index >= 15 is 0 Å². The minimum atomic E-state index is -1.00. The van der Waals surface area contributed by atoms with Crippen LogP contribution < -0.4 is 0 Å². The Hall–Kier alpha value is -1.62. The van der Waals surface area contributed by atoms with E-state index in [2.05, 4.69) is 6.58 Å². The van der Waals surface area contributed by atoms with Gasteiger partial charge in [-0.25, -0.2) is 9.59 Å². The van der Waals surface area contributed by atoms with Crippen LogP contribution in [0, 0.1) is 5.92 Å². The molecule has 100 valence electrons. The molecule has 1 fully saturated rings. The highest BCUT2D eigenvalue weighted by Gasteiger charge is 2.29.